The van der Waals surface area contributed by atoms with Crippen molar-refractivity contribution in [3.05, 3.63) is 29.6 Å². The lowest BCUT2D eigenvalue weighted by Gasteiger charge is -2.02. The molecule has 0 aliphatic carbocycles. The predicted molar refractivity (Wildman–Crippen MR) is 61.9 cm³/mol. The predicted octanol–water partition coefficient (Wildman–Crippen LogP) is -0.786. The molecule has 86 valence electrons. The number of benzene rings is 1. The van der Waals surface area contributed by atoms with Crippen molar-refractivity contribution in [3.8, 4) is 17.0 Å². The summed E-state index contributed by atoms with van der Waals surface area (Å²) in [5, 5.41) is 2.73. The molecule has 5 heteroatoms. The smallest absolute Gasteiger partial charge is 0.329 e. The molecule has 3 nitrogen and oxygen atoms in total. The van der Waals surface area contributed by atoms with Crippen LogP contribution in [0.25, 0.3) is 11.3 Å². The van der Waals surface area contributed by atoms with Crippen molar-refractivity contribution in [3.63, 3.8) is 0 Å². The Hall–Kier alpha value is -1.07. The first-order chi connectivity index (χ1) is 7.29. The molecule has 1 aromatic heterocycles. The number of ether oxygens (including phenoxy) is 1. The standard InChI is InChI=1S/C11H12N2OS.BrH/c1-2-14-9-5-3-8(4-6-9)10-7-15-11(12)13-10;/h3-7H,2H2,1H3,(H2,12,13);1H. The molecule has 1 aromatic carbocycles. The fourth-order valence-electron chi connectivity index (χ4n) is 1.35. The van der Waals surface area contributed by atoms with Crippen LogP contribution in [0.15, 0.2) is 29.6 Å². The summed E-state index contributed by atoms with van der Waals surface area (Å²) in [5.41, 5.74) is 7.79. The van der Waals surface area contributed by atoms with Crippen LogP contribution in [-0.2, 0) is 0 Å². The van der Waals surface area contributed by atoms with Gasteiger partial charge in [-0.3, -0.25) is 5.73 Å². The number of anilines is 1. The number of aromatic amines is 1. The zero-order chi connectivity index (χ0) is 10.7. The van der Waals surface area contributed by atoms with Crippen LogP contribution in [0.3, 0.4) is 0 Å². The zero-order valence-corrected chi connectivity index (χ0v) is 11.3. The van der Waals surface area contributed by atoms with Crippen LogP contribution in [0.4, 0.5) is 5.13 Å². The molecule has 0 unspecified atom stereocenters. The van der Waals surface area contributed by atoms with Gasteiger partial charge in [-0.25, -0.2) is 4.98 Å². The molecule has 0 aliphatic rings. The van der Waals surface area contributed by atoms with E-state index in [1.807, 2.05) is 36.6 Å². The van der Waals surface area contributed by atoms with Gasteiger partial charge in [0.15, 0.2) is 0 Å². The lowest BCUT2D eigenvalue weighted by atomic mass is 10.2. The molecule has 2 aromatic rings. The van der Waals surface area contributed by atoms with E-state index < -0.39 is 0 Å². The molecule has 1 heterocycles. The second-order valence-corrected chi connectivity index (χ2v) is 4.01. The van der Waals surface area contributed by atoms with E-state index in [1.165, 1.54) is 11.3 Å². The van der Waals surface area contributed by atoms with Gasteiger partial charge in [0.05, 0.1) is 6.61 Å². The third-order valence-corrected chi connectivity index (χ3v) is 2.75. The Morgan fingerprint density at radius 1 is 1.31 bits per heavy atom. The lowest BCUT2D eigenvalue weighted by Crippen LogP contribution is -3.00. The number of aromatic nitrogens is 1. The number of nitrogen functional groups attached to an aromatic ring is 1. The number of hydrogen-bond acceptors (Lipinski definition) is 3. The summed E-state index contributed by atoms with van der Waals surface area (Å²) in [4.78, 5) is 3.10. The van der Waals surface area contributed by atoms with E-state index in [4.69, 9.17) is 10.5 Å². The van der Waals surface area contributed by atoms with Crippen molar-refractivity contribution in [1.29, 1.82) is 0 Å². The highest BCUT2D eigenvalue weighted by Gasteiger charge is 2.05. The summed E-state index contributed by atoms with van der Waals surface area (Å²) in [6, 6.07) is 7.95. The third-order valence-electron chi connectivity index (χ3n) is 2.04. The summed E-state index contributed by atoms with van der Waals surface area (Å²) in [6.07, 6.45) is 0. The summed E-state index contributed by atoms with van der Waals surface area (Å²) in [7, 11) is 0. The van der Waals surface area contributed by atoms with Crippen molar-refractivity contribution in [2.24, 2.45) is 0 Å². The minimum absolute atomic E-state index is 0. The van der Waals surface area contributed by atoms with Crippen molar-refractivity contribution in [1.82, 2.24) is 0 Å². The van der Waals surface area contributed by atoms with Crippen LogP contribution in [-0.4, -0.2) is 6.61 Å². The van der Waals surface area contributed by atoms with Gasteiger partial charge in [0.25, 0.3) is 0 Å². The van der Waals surface area contributed by atoms with E-state index in [-0.39, 0.29) is 17.0 Å². The van der Waals surface area contributed by atoms with Crippen LogP contribution < -0.4 is 32.4 Å². The second kappa shape index (κ2) is 5.86. The summed E-state index contributed by atoms with van der Waals surface area (Å²) < 4.78 is 5.37. The van der Waals surface area contributed by atoms with Gasteiger partial charge in [0, 0.05) is 10.9 Å². The van der Waals surface area contributed by atoms with Gasteiger partial charge in [-0.2, -0.15) is 0 Å². The number of thiazole rings is 1. The lowest BCUT2D eigenvalue weighted by molar-refractivity contribution is -0.340. The fourth-order valence-corrected chi connectivity index (χ4v) is 1.96. The highest BCUT2D eigenvalue weighted by molar-refractivity contribution is 7.13. The van der Waals surface area contributed by atoms with Gasteiger partial charge in [-0.15, -0.1) is 0 Å². The van der Waals surface area contributed by atoms with Gasteiger partial charge in [0.2, 0.25) is 0 Å². The fraction of sp³-hybridized carbons (Fsp3) is 0.182. The van der Waals surface area contributed by atoms with Crippen molar-refractivity contribution in [2.75, 3.05) is 12.3 Å². The number of hydrogen-bond donors (Lipinski definition) is 1. The Bertz CT molecular complexity index is 442. The Balaban J connectivity index is 0.00000128. The number of nitrogens with two attached hydrogens (primary N) is 1. The minimum Gasteiger partial charge on any atom is -1.00 e. The highest BCUT2D eigenvalue weighted by Crippen LogP contribution is 2.21. The second-order valence-electron chi connectivity index (χ2n) is 3.10. The first-order valence-corrected chi connectivity index (χ1v) is 5.67. The van der Waals surface area contributed by atoms with E-state index in [1.54, 1.807) is 0 Å². The molecule has 3 N–H and O–H groups in total. The Morgan fingerprint density at radius 2 is 2.00 bits per heavy atom. The van der Waals surface area contributed by atoms with E-state index in [0.717, 1.165) is 22.1 Å². The molecular weight excluding hydrogens is 288 g/mol. The van der Waals surface area contributed by atoms with Crippen molar-refractivity contribution >= 4 is 16.5 Å². The quantitative estimate of drug-likeness (QED) is 0.808. The van der Waals surface area contributed by atoms with Gasteiger partial charge >= 0.3 is 5.13 Å². The Labute approximate surface area is 109 Å². The Morgan fingerprint density at radius 3 is 2.50 bits per heavy atom. The van der Waals surface area contributed by atoms with E-state index in [9.17, 15) is 0 Å². The van der Waals surface area contributed by atoms with Gasteiger partial charge in [-0.1, -0.05) is 11.3 Å². The maximum atomic E-state index is 5.63. The molecule has 0 fully saturated rings. The number of rotatable bonds is 3. The Kier molecular flexibility index (Phi) is 4.76. The molecule has 0 saturated carbocycles. The van der Waals surface area contributed by atoms with Crippen LogP contribution in [0.1, 0.15) is 6.92 Å². The van der Waals surface area contributed by atoms with E-state index in [2.05, 4.69) is 4.98 Å². The molecule has 0 bridgehead atoms. The van der Waals surface area contributed by atoms with Gasteiger partial charge in [-0.05, 0) is 31.2 Å². The average molecular weight is 301 g/mol. The molecular formula is C11H13BrN2OS. The highest BCUT2D eigenvalue weighted by atomic mass is 79.9. The minimum atomic E-state index is 0. The van der Waals surface area contributed by atoms with Crippen LogP contribution in [0.2, 0.25) is 0 Å². The summed E-state index contributed by atoms with van der Waals surface area (Å²) >= 11 is 1.50. The molecule has 0 aliphatic heterocycles. The van der Waals surface area contributed by atoms with E-state index >= 15 is 0 Å². The first-order valence-electron chi connectivity index (χ1n) is 4.79. The monoisotopic (exact) mass is 300 g/mol. The van der Waals surface area contributed by atoms with Crippen LogP contribution in [0, 0.1) is 0 Å². The van der Waals surface area contributed by atoms with Crippen LogP contribution in [0.5, 0.6) is 5.75 Å². The molecule has 16 heavy (non-hydrogen) atoms. The SMILES string of the molecule is CCOc1ccc(-c2csc(N)[nH+]2)cc1.[Br-]. The van der Waals surface area contributed by atoms with Crippen molar-refractivity contribution < 1.29 is 26.7 Å². The van der Waals surface area contributed by atoms with Gasteiger partial charge < -0.3 is 21.7 Å². The molecule has 0 atom stereocenters. The average Bonchev–Trinajstić information content (AvgIpc) is 2.67. The number of nitrogens with one attached hydrogen (secondary N) is 1. The van der Waals surface area contributed by atoms with Gasteiger partial charge in [0.1, 0.15) is 11.4 Å². The number of H-pyrrole nitrogens is 1. The molecule has 0 spiro atoms. The first kappa shape index (κ1) is 13.0. The summed E-state index contributed by atoms with van der Waals surface area (Å²) in [5.74, 6) is 0.893. The largest absolute Gasteiger partial charge is 1.00 e. The maximum Gasteiger partial charge on any atom is 0.329 e. The van der Waals surface area contributed by atoms with E-state index in [0.29, 0.717) is 6.61 Å². The normalized spacial score (nSPS) is 9.56. The van der Waals surface area contributed by atoms with Crippen molar-refractivity contribution in [2.45, 2.75) is 6.92 Å². The topological polar surface area (TPSA) is 49.4 Å². The number of halogens is 1. The summed E-state index contributed by atoms with van der Waals surface area (Å²) in [6.45, 7) is 2.66. The molecule has 0 amide bonds. The molecule has 0 saturated heterocycles. The molecule has 0 radical (unpaired) electrons. The molecule has 2 rings (SSSR count). The zero-order valence-electron chi connectivity index (χ0n) is 8.87. The third kappa shape index (κ3) is 2.96. The maximum absolute atomic E-state index is 5.63. The van der Waals surface area contributed by atoms with Crippen LogP contribution >= 0.6 is 11.3 Å².